The second-order valence-electron chi connectivity index (χ2n) is 4.11. The number of hydrogen-bond donors (Lipinski definition) is 4. The predicted molar refractivity (Wildman–Crippen MR) is 78.3 cm³/mol. The van der Waals surface area contributed by atoms with Gasteiger partial charge in [-0.05, 0) is 5.56 Å². The lowest BCUT2D eigenvalue weighted by Crippen LogP contribution is -2.40. The van der Waals surface area contributed by atoms with Crippen LogP contribution in [0.1, 0.15) is 16.6 Å². The molecule has 6 N–H and O–H groups in total. The first-order valence-corrected chi connectivity index (χ1v) is 6.84. The van der Waals surface area contributed by atoms with Crippen LogP contribution in [-0.2, 0) is 4.79 Å². The monoisotopic (exact) mass is 306 g/mol. The molecule has 0 spiro atoms. The van der Waals surface area contributed by atoms with Gasteiger partial charge in [0.2, 0.25) is 11.0 Å². The van der Waals surface area contributed by atoms with Crippen molar-refractivity contribution in [2.75, 3.05) is 12.3 Å². The highest BCUT2D eigenvalue weighted by atomic mass is 32.1. The summed E-state index contributed by atoms with van der Waals surface area (Å²) >= 11 is 1.19. The number of anilines is 1. The lowest BCUT2D eigenvalue weighted by molar-refractivity contribution is -0.120. The van der Waals surface area contributed by atoms with Gasteiger partial charge in [-0.2, -0.15) is 0 Å². The van der Waals surface area contributed by atoms with Gasteiger partial charge in [-0.1, -0.05) is 41.7 Å². The van der Waals surface area contributed by atoms with Gasteiger partial charge < -0.3 is 22.1 Å². The summed E-state index contributed by atoms with van der Waals surface area (Å²) in [5.41, 5.74) is 11.3. The van der Waals surface area contributed by atoms with E-state index < -0.39 is 18.0 Å². The highest BCUT2D eigenvalue weighted by molar-refractivity contribution is 7.15. The van der Waals surface area contributed by atoms with Gasteiger partial charge >= 0.3 is 6.03 Å². The van der Waals surface area contributed by atoms with Crippen molar-refractivity contribution in [1.82, 2.24) is 20.8 Å². The summed E-state index contributed by atoms with van der Waals surface area (Å²) in [6.45, 7) is -0.215. The molecular formula is C12H14N6O2S. The Balaban J connectivity index is 2.17. The van der Waals surface area contributed by atoms with Crippen LogP contribution in [0.5, 0.6) is 0 Å². The van der Waals surface area contributed by atoms with E-state index in [0.717, 1.165) is 5.56 Å². The van der Waals surface area contributed by atoms with Crippen LogP contribution >= 0.6 is 11.3 Å². The Morgan fingerprint density at radius 3 is 2.52 bits per heavy atom. The van der Waals surface area contributed by atoms with Crippen LogP contribution < -0.4 is 22.1 Å². The van der Waals surface area contributed by atoms with Gasteiger partial charge in [0.25, 0.3) is 0 Å². The van der Waals surface area contributed by atoms with Crippen molar-refractivity contribution in [3.8, 4) is 0 Å². The molecule has 0 aliphatic heterocycles. The third-order valence-electron chi connectivity index (χ3n) is 2.56. The zero-order valence-electron chi connectivity index (χ0n) is 10.9. The highest BCUT2D eigenvalue weighted by Crippen LogP contribution is 2.25. The number of carbonyl (C=O) groups excluding carboxylic acids is 2. The first-order chi connectivity index (χ1) is 10.1. The van der Waals surface area contributed by atoms with Crippen LogP contribution in [0.4, 0.5) is 9.93 Å². The van der Waals surface area contributed by atoms with Crippen molar-refractivity contribution in [1.29, 1.82) is 0 Å². The minimum Gasteiger partial charge on any atom is -0.374 e. The number of carbonyl (C=O) groups is 2. The Morgan fingerprint density at radius 2 is 1.95 bits per heavy atom. The van der Waals surface area contributed by atoms with E-state index in [1.165, 1.54) is 11.3 Å². The lowest BCUT2D eigenvalue weighted by atomic mass is 10.1. The van der Waals surface area contributed by atoms with Crippen molar-refractivity contribution in [3.05, 3.63) is 40.9 Å². The number of nitrogens with zero attached hydrogens (tertiary/aromatic N) is 2. The highest BCUT2D eigenvalue weighted by Gasteiger charge is 2.20. The molecule has 0 aliphatic carbocycles. The lowest BCUT2D eigenvalue weighted by Gasteiger charge is -2.16. The SMILES string of the molecule is NC(=O)NCC(=O)N[C@@H](c1ccccc1)c1nnc(N)s1. The first-order valence-electron chi connectivity index (χ1n) is 6.02. The van der Waals surface area contributed by atoms with E-state index in [1.807, 2.05) is 30.3 Å². The van der Waals surface area contributed by atoms with E-state index in [2.05, 4.69) is 20.8 Å². The van der Waals surface area contributed by atoms with Gasteiger partial charge in [-0.3, -0.25) is 4.79 Å². The van der Waals surface area contributed by atoms with E-state index in [0.29, 0.717) is 10.1 Å². The first kappa shape index (κ1) is 14.7. The quantitative estimate of drug-likeness (QED) is 0.616. The van der Waals surface area contributed by atoms with Gasteiger partial charge in [-0.15, -0.1) is 10.2 Å². The molecule has 1 aromatic heterocycles. The fraction of sp³-hybridized carbons (Fsp3) is 0.167. The van der Waals surface area contributed by atoms with Crippen molar-refractivity contribution in [2.24, 2.45) is 5.73 Å². The number of rotatable bonds is 5. The number of aromatic nitrogens is 2. The molecule has 0 unspecified atom stereocenters. The number of nitrogens with one attached hydrogen (secondary N) is 2. The number of urea groups is 1. The fourth-order valence-corrected chi connectivity index (χ4v) is 2.37. The molecule has 0 aliphatic rings. The van der Waals surface area contributed by atoms with Crippen LogP contribution in [0.2, 0.25) is 0 Å². The molecule has 0 bridgehead atoms. The molecular weight excluding hydrogens is 292 g/mol. The molecule has 0 fully saturated rings. The smallest absolute Gasteiger partial charge is 0.312 e. The maximum absolute atomic E-state index is 11.9. The molecule has 0 saturated heterocycles. The van der Waals surface area contributed by atoms with E-state index in [9.17, 15) is 9.59 Å². The molecule has 0 saturated carbocycles. The average molecular weight is 306 g/mol. The zero-order valence-corrected chi connectivity index (χ0v) is 11.8. The maximum Gasteiger partial charge on any atom is 0.312 e. The van der Waals surface area contributed by atoms with Crippen LogP contribution in [0.3, 0.4) is 0 Å². The van der Waals surface area contributed by atoms with Gasteiger partial charge in [0.05, 0.1) is 6.54 Å². The molecule has 2 rings (SSSR count). The largest absolute Gasteiger partial charge is 0.374 e. The number of amides is 3. The number of hydrogen-bond acceptors (Lipinski definition) is 6. The second-order valence-corrected chi connectivity index (χ2v) is 5.15. The number of nitrogens with two attached hydrogens (primary N) is 2. The summed E-state index contributed by atoms with van der Waals surface area (Å²) in [5.74, 6) is -0.392. The summed E-state index contributed by atoms with van der Waals surface area (Å²) in [6.07, 6.45) is 0. The summed E-state index contributed by atoms with van der Waals surface area (Å²) < 4.78 is 0. The van der Waals surface area contributed by atoms with Crippen molar-refractivity contribution < 1.29 is 9.59 Å². The van der Waals surface area contributed by atoms with Gasteiger partial charge in [-0.25, -0.2) is 4.79 Å². The Bertz CT molecular complexity index is 630. The Morgan fingerprint density at radius 1 is 1.24 bits per heavy atom. The number of benzene rings is 1. The van der Waals surface area contributed by atoms with Crippen LogP contribution in [-0.4, -0.2) is 28.7 Å². The third-order valence-corrected chi connectivity index (χ3v) is 3.38. The fourth-order valence-electron chi connectivity index (χ4n) is 1.68. The standard InChI is InChI=1S/C12H14N6O2S/c13-11(20)15-6-8(19)16-9(7-4-2-1-3-5-7)10-17-18-12(14)21-10/h1-5,9H,6H2,(H2,14,18)(H,16,19)(H3,13,15,20)/t9-/m0/s1. The third kappa shape index (κ3) is 4.14. The molecule has 3 amide bonds. The average Bonchev–Trinajstić information content (AvgIpc) is 2.90. The van der Waals surface area contributed by atoms with Gasteiger partial charge in [0.15, 0.2) is 0 Å². The molecule has 1 atom stereocenters. The Hall–Kier alpha value is -2.68. The number of primary amides is 1. The Kier molecular flexibility index (Phi) is 4.67. The molecule has 2 aromatic rings. The van der Waals surface area contributed by atoms with Crippen molar-refractivity contribution in [2.45, 2.75) is 6.04 Å². The van der Waals surface area contributed by atoms with Gasteiger partial charge in [0, 0.05) is 0 Å². The minimum absolute atomic E-state index is 0.215. The zero-order chi connectivity index (χ0) is 15.2. The molecule has 1 heterocycles. The summed E-state index contributed by atoms with van der Waals surface area (Å²) in [7, 11) is 0. The molecule has 110 valence electrons. The second kappa shape index (κ2) is 6.66. The van der Waals surface area contributed by atoms with E-state index in [-0.39, 0.29) is 6.54 Å². The molecule has 9 heteroatoms. The molecule has 0 radical (unpaired) electrons. The molecule has 1 aromatic carbocycles. The minimum atomic E-state index is -0.762. The Labute approximate surface area is 124 Å². The van der Waals surface area contributed by atoms with E-state index >= 15 is 0 Å². The normalized spacial score (nSPS) is 11.6. The summed E-state index contributed by atoms with van der Waals surface area (Å²) in [5, 5.41) is 13.6. The van der Waals surface area contributed by atoms with Crippen molar-refractivity contribution >= 4 is 28.4 Å². The van der Waals surface area contributed by atoms with Crippen LogP contribution in [0, 0.1) is 0 Å². The van der Waals surface area contributed by atoms with Crippen LogP contribution in [0.15, 0.2) is 30.3 Å². The summed E-state index contributed by atoms with van der Waals surface area (Å²) in [4.78, 5) is 22.5. The summed E-state index contributed by atoms with van der Waals surface area (Å²) in [6, 6.07) is 8.02. The van der Waals surface area contributed by atoms with Crippen LogP contribution in [0.25, 0.3) is 0 Å². The number of nitrogen functional groups attached to an aromatic ring is 1. The predicted octanol–water partition coefficient (Wildman–Crippen LogP) is -0.00580. The van der Waals surface area contributed by atoms with E-state index in [4.69, 9.17) is 11.5 Å². The van der Waals surface area contributed by atoms with Gasteiger partial charge in [0.1, 0.15) is 11.0 Å². The topological polar surface area (TPSA) is 136 Å². The molecule has 21 heavy (non-hydrogen) atoms. The molecule has 8 nitrogen and oxygen atoms in total. The maximum atomic E-state index is 11.9. The van der Waals surface area contributed by atoms with Crippen molar-refractivity contribution in [3.63, 3.8) is 0 Å². The van der Waals surface area contributed by atoms with E-state index in [1.54, 1.807) is 0 Å².